The number of carbonyl (C=O) groups is 1. The molecule has 0 bridgehead atoms. The number of ether oxygens (including phenoxy) is 1. The lowest BCUT2D eigenvalue weighted by molar-refractivity contribution is -0.113. The first kappa shape index (κ1) is 21.9. The van der Waals surface area contributed by atoms with Crippen molar-refractivity contribution in [1.82, 2.24) is 0 Å². The summed E-state index contributed by atoms with van der Waals surface area (Å²) >= 11 is 11.8. The molecule has 4 aromatic rings. The number of halogens is 2. The van der Waals surface area contributed by atoms with Gasteiger partial charge in [-0.25, -0.2) is 4.99 Å². The van der Waals surface area contributed by atoms with Crippen LogP contribution in [0.4, 0.5) is 5.69 Å². The van der Waals surface area contributed by atoms with Crippen LogP contribution in [0.25, 0.3) is 16.2 Å². The minimum Gasteiger partial charge on any atom is -0.494 e. The van der Waals surface area contributed by atoms with Gasteiger partial charge in [0.25, 0.3) is 5.91 Å². The molecule has 0 saturated carbocycles. The molecule has 1 aromatic heterocycles. The number of nitrogens with zero attached hydrogens (tertiary/aromatic N) is 2. The van der Waals surface area contributed by atoms with Gasteiger partial charge in [-0.1, -0.05) is 63.9 Å². The molecule has 2 heterocycles. The normalized spacial score (nSPS) is 14.9. The zero-order valence-electron chi connectivity index (χ0n) is 17.6. The quantitative estimate of drug-likeness (QED) is 0.247. The molecule has 1 aliphatic heterocycles. The zero-order valence-corrected chi connectivity index (χ0v) is 20.7. The van der Waals surface area contributed by atoms with Crippen molar-refractivity contribution in [3.8, 4) is 5.75 Å². The highest BCUT2D eigenvalue weighted by molar-refractivity contribution is 9.10. The molecule has 3 aromatic carbocycles. The number of thiophene rings is 1. The van der Waals surface area contributed by atoms with Crippen LogP contribution in [0.5, 0.6) is 5.75 Å². The molecular formula is C26H18BrClN2O2S. The van der Waals surface area contributed by atoms with Crippen LogP contribution in [0.3, 0.4) is 0 Å². The summed E-state index contributed by atoms with van der Waals surface area (Å²) < 4.78 is 7.43. The third kappa shape index (κ3) is 4.22. The Hall–Kier alpha value is -2.93. The minimum absolute atomic E-state index is 0.203. The molecule has 0 fully saturated rings. The van der Waals surface area contributed by atoms with E-state index >= 15 is 0 Å². The van der Waals surface area contributed by atoms with E-state index in [2.05, 4.69) is 15.9 Å². The highest BCUT2D eigenvalue weighted by Crippen LogP contribution is 2.39. The van der Waals surface area contributed by atoms with E-state index in [-0.39, 0.29) is 5.91 Å². The molecule has 1 aliphatic rings. The molecule has 0 radical (unpaired) electrons. The van der Waals surface area contributed by atoms with Crippen LogP contribution in [0.1, 0.15) is 17.4 Å². The van der Waals surface area contributed by atoms with Crippen molar-refractivity contribution in [3.63, 3.8) is 0 Å². The summed E-state index contributed by atoms with van der Waals surface area (Å²) in [6, 6.07) is 23.1. The molecule has 33 heavy (non-hydrogen) atoms. The van der Waals surface area contributed by atoms with Gasteiger partial charge in [0.2, 0.25) is 0 Å². The molecule has 0 saturated heterocycles. The predicted molar refractivity (Wildman–Crippen MR) is 141 cm³/mol. The van der Waals surface area contributed by atoms with Crippen molar-refractivity contribution >= 4 is 72.5 Å². The van der Waals surface area contributed by atoms with Gasteiger partial charge in [0.1, 0.15) is 11.4 Å². The van der Waals surface area contributed by atoms with E-state index in [4.69, 9.17) is 21.3 Å². The minimum atomic E-state index is -0.203. The van der Waals surface area contributed by atoms with Gasteiger partial charge in [-0.15, -0.1) is 11.3 Å². The SMILES string of the molecule is CCOc1ccc(/C=C2/N=C(c3sc4ccccc4c3Cl)N(c3cccc(Br)c3)C2=O)cc1. The molecule has 1 amide bonds. The smallest absolute Gasteiger partial charge is 0.282 e. The van der Waals surface area contributed by atoms with Crippen LogP contribution >= 0.6 is 38.9 Å². The van der Waals surface area contributed by atoms with Gasteiger partial charge in [-0.05, 0) is 55.0 Å². The molecule has 0 atom stereocenters. The Labute approximate surface area is 208 Å². The second-order valence-electron chi connectivity index (χ2n) is 7.33. The number of anilines is 1. The molecule has 0 N–H and O–H groups in total. The maximum Gasteiger partial charge on any atom is 0.282 e. The molecule has 0 unspecified atom stereocenters. The van der Waals surface area contributed by atoms with Crippen molar-refractivity contribution in [1.29, 1.82) is 0 Å². The van der Waals surface area contributed by atoms with E-state index in [1.54, 1.807) is 11.0 Å². The summed E-state index contributed by atoms with van der Waals surface area (Å²) in [5, 5.41) is 1.55. The monoisotopic (exact) mass is 536 g/mol. The number of aliphatic imine (C=N–C) groups is 1. The fourth-order valence-electron chi connectivity index (χ4n) is 3.67. The van der Waals surface area contributed by atoms with Gasteiger partial charge in [0.15, 0.2) is 5.84 Å². The van der Waals surface area contributed by atoms with Crippen molar-refractivity contribution in [2.24, 2.45) is 4.99 Å². The van der Waals surface area contributed by atoms with Crippen LogP contribution in [0, 0.1) is 0 Å². The number of amides is 1. The van der Waals surface area contributed by atoms with Crippen molar-refractivity contribution in [2.75, 3.05) is 11.5 Å². The van der Waals surface area contributed by atoms with Gasteiger partial charge in [-0.2, -0.15) is 0 Å². The Balaban J connectivity index is 1.63. The average Bonchev–Trinajstić information content (AvgIpc) is 3.32. The van der Waals surface area contributed by atoms with Crippen LogP contribution in [-0.4, -0.2) is 18.3 Å². The van der Waals surface area contributed by atoms with Crippen LogP contribution in [-0.2, 0) is 4.79 Å². The van der Waals surface area contributed by atoms with E-state index in [1.165, 1.54) is 11.3 Å². The van der Waals surface area contributed by atoms with Crippen molar-refractivity contribution in [2.45, 2.75) is 6.92 Å². The first-order valence-corrected chi connectivity index (χ1v) is 12.3. The van der Waals surface area contributed by atoms with E-state index in [0.717, 1.165) is 36.4 Å². The predicted octanol–water partition coefficient (Wildman–Crippen LogP) is 7.55. The topological polar surface area (TPSA) is 41.9 Å². The highest BCUT2D eigenvalue weighted by atomic mass is 79.9. The number of hydrogen-bond acceptors (Lipinski definition) is 4. The number of rotatable bonds is 5. The van der Waals surface area contributed by atoms with Crippen LogP contribution in [0.2, 0.25) is 5.02 Å². The number of carbonyl (C=O) groups excluding carboxylic acids is 1. The molecule has 7 heteroatoms. The maximum absolute atomic E-state index is 13.6. The molecule has 164 valence electrons. The van der Waals surface area contributed by atoms with Gasteiger partial charge >= 0.3 is 0 Å². The summed E-state index contributed by atoms with van der Waals surface area (Å²) in [6.45, 7) is 2.54. The lowest BCUT2D eigenvalue weighted by Crippen LogP contribution is -2.32. The number of benzene rings is 3. The molecular weight excluding hydrogens is 520 g/mol. The van der Waals surface area contributed by atoms with Gasteiger partial charge < -0.3 is 4.74 Å². The summed E-state index contributed by atoms with van der Waals surface area (Å²) in [5.41, 5.74) is 1.93. The summed E-state index contributed by atoms with van der Waals surface area (Å²) in [7, 11) is 0. The zero-order chi connectivity index (χ0) is 22.9. The fraction of sp³-hybridized carbons (Fsp3) is 0.0769. The summed E-state index contributed by atoms with van der Waals surface area (Å²) in [5.74, 6) is 1.11. The van der Waals surface area contributed by atoms with Crippen molar-refractivity contribution in [3.05, 3.63) is 98.4 Å². The standard InChI is InChI=1S/C26H18BrClN2O2S/c1-2-32-19-12-10-16(11-13-19)14-21-26(31)30(18-7-5-6-17(27)15-18)25(29-21)24-23(28)20-8-3-4-9-22(20)33-24/h3-15H,2H2,1H3/b21-14+. The lowest BCUT2D eigenvalue weighted by atomic mass is 10.2. The first-order valence-electron chi connectivity index (χ1n) is 10.4. The largest absolute Gasteiger partial charge is 0.494 e. The molecule has 0 aliphatic carbocycles. The molecule has 0 spiro atoms. The number of hydrogen-bond donors (Lipinski definition) is 0. The van der Waals surface area contributed by atoms with E-state index in [9.17, 15) is 4.79 Å². The van der Waals surface area contributed by atoms with Gasteiger partial charge in [0.05, 0.1) is 22.2 Å². The number of amidine groups is 1. The van der Waals surface area contributed by atoms with Crippen LogP contribution in [0.15, 0.2) is 88.0 Å². The van der Waals surface area contributed by atoms with E-state index < -0.39 is 0 Å². The summed E-state index contributed by atoms with van der Waals surface area (Å²) in [4.78, 5) is 20.7. The number of fused-ring (bicyclic) bond motifs is 1. The summed E-state index contributed by atoms with van der Waals surface area (Å²) in [6.07, 6.45) is 1.79. The van der Waals surface area contributed by atoms with Crippen LogP contribution < -0.4 is 9.64 Å². The lowest BCUT2D eigenvalue weighted by Gasteiger charge is -2.18. The maximum atomic E-state index is 13.6. The second kappa shape index (κ2) is 9.14. The molecule has 4 nitrogen and oxygen atoms in total. The Kier molecular flexibility index (Phi) is 6.06. The first-order chi connectivity index (χ1) is 16.0. The Morgan fingerprint density at radius 1 is 1.09 bits per heavy atom. The van der Waals surface area contributed by atoms with Crippen molar-refractivity contribution < 1.29 is 9.53 Å². The van der Waals surface area contributed by atoms with E-state index in [0.29, 0.717) is 23.2 Å². The third-order valence-corrected chi connectivity index (χ3v) is 7.32. The highest BCUT2D eigenvalue weighted by Gasteiger charge is 2.35. The Morgan fingerprint density at radius 2 is 1.88 bits per heavy atom. The molecule has 5 rings (SSSR count). The Bertz CT molecular complexity index is 1430. The van der Waals surface area contributed by atoms with E-state index in [1.807, 2.05) is 79.7 Å². The van der Waals surface area contributed by atoms with Gasteiger partial charge in [0, 0.05) is 14.6 Å². The second-order valence-corrected chi connectivity index (χ2v) is 9.67. The Morgan fingerprint density at radius 3 is 2.61 bits per heavy atom. The van der Waals surface area contributed by atoms with Gasteiger partial charge in [-0.3, -0.25) is 9.69 Å². The fourth-order valence-corrected chi connectivity index (χ4v) is 5.55. The third-order valence-electron chi connectivity index (χ3n) is 5.16. The average molecular weight is 538 g/mol.